The molecular formula is C13H26N2O. The summed E-state index contributed by atoms with van der Waals surface area (Å²) in [6, 6.07) is 0. The van der Waals surface area contributed by atoms with Gasteiger partial charge in [0.25, 0.3) is 0 Å². The zero-order valence-corrected chi connectivity index (χ0v) is 11.1. The molecule has 1 aliphatic rings. The number of hydrogen-bond acceptors (Lipinski definition) is 2. The molecule has 1 saturated carbocycles. The first-order valence-corrected chi connectivity index (χ1v) is 6.26. The van der Waals surface area contributed by atoms with E-state index in [9.17, 15) is 4.79 Å². The SMILES string of the molecule is CC(C)(CN)CNC(=O)C1CCCC1(C)C. The molecule has 0 saturated heterocycles. The van der Waals surface area contributed by atoms with Gasteiger partial charge in [-0.2, -0.15) is 0 Å². The highest BCUT2D eigenvalue weighted by molar-refractivity contribution is 5.79. The molecule has 1 unspecified atom stereocenters. The molecule has 0 aliphatic heterocycles. The van der Waals surface area contributed by atoms with Gasteiger partial charge in [0, 0.05) is 12.5 Å². The molecule has 0 bridgehead atoms. The summed E-state index contributed by atoms with van der Waals surface area (Å²) in [4.78, 5) is 12.1. The van der Waals surface area contributed by atoms with E-state index in [2.05, 4.69) is 33.0 Å². The number of carbonyl (C=O) groups is 1. The molecule has 1 fully saturated rings. The first kappa shape index (κ1) is 13.5. The van der Waals surface area contributed by atoms with Crippen LogP contribution in [0, 0.1) is 16.7 Å². The summed E-state index contributed by atoms with van der Waals surface area (Å²) in [5, 5.41) is 3.05. The topological polar surface area (TPSA) is 55.1 Å². The van der Waals surface area contributed by atoms with Crippen molar-refractivity contribution in [2.45, 2.75) is 47.0 Å². The third kappa shape index (κ3) is 3.21. The van der Waals surface area contributed by atoms with Crippen molar-refractivity contribution in [2.75, 3.05) is 13.1 Å². The van der Waals surface area contributed by atoms with Crippen LogP contribution in [-0.2, 0) is 4.79 Å². The Kier molecular flexibility index (Phi) is 4.00. The molecule has 0 heterocycles. The van der Waals surface area contributed by atoms with Crippen molar-refractivity contribution in [1.82, 2.24) is 5.32 Å². The second kappa shape index (κ2) is 4.74. The molecule has 94 valence electrons. The Morgan fingerprint density at radius 2 is 2.12 bits per heavy atom. The Balaban J connectivity index is 2.47. The van der Waals surface area contributed by atoms with Crippen LogP contribution in [0.1, 0.15) is 47.0 Å². The Labute approximate surface area is 99.2 Å². The minimum absolute atomic E-state index is 0.00158. The van der Waals surface area contributed by atoms with Crippen LogP contribution in [0.2, 0.25) is 0 Å². The van der Waals surface area contributed by atoms with Crippen LogP contribution >= 0.6 is 0 Å². The number of carbonyl (C=O) groups excluding carboxylic acids is 1. The third-order valence-electron chi connectivity index (χ3n) is 3.87. The van der Waals surface area contributed by atoms with Crippen LogP contribution in [0.4, 0.5) is 0 Å². The van der Waals surface area contributed by atoms with Crippen molar-refractivity contribution < 1.29 is 4.79 Å². The summed E-state index contributed by atoms with van der Waals surface area (Å²) in [5.41, 5.74) is 5.81. The number of amides is 1. The highest BCUT2D eigenvalue weighted by atomic mass is 16.1. The predicted octanol–water partition coefficient (Wildman–Crippen LogP) is 1.91. The normalized spacial score (nSPS) is 24.4. The van der Waals surface area contributed by atoms with E-state index in [1.54, 1.807) is 0 Å². The van der Waals surface area contributed by atoms with Crippen LogP contribution in [0.5, 0.6) is 0 Å². The van der Waals surface area contributed by atoms with E-state index >= 15 is 0 Å². The van der Waals surface area contributed by atoms with Crippen molar-refractivity contribution in [3.05, 3.63) is 0 Å². The second-order valence-corrected chi connectivity index (χ2v) is 6.52. The largest absolute Gasteiger partial charge is 0.355 e. The van der Waals surface area contributed by atoms with Gasteiger partial charge < -0.3 is 11.1 Å². The van der Waals surface area contributed by atoms with E-state index in [0.29, 0.717) is 13.1 Å². The molecule has 1 aliphatic carbocycles. The van der Waals surface area contributed by atoms with Crippen molar-refractivity contribution in [2.24, 2.45) is 22.5 Å². The molecule has 16 heavy (non-hydrogen) atoms. The van der Waals surface area contributed by atoms with Crippen molar-refractivity contribution in [3.63, 3.8) is 0 Å². The van der Waals surface area contributed by atoms with Gasteiger partial charge in [-0.1, -0.05) is 34.1 Å². The summed E-state index contributed by atoms with van der Waals surface area (Å²) >= 11 is 0. The van der Waals surface area contributed by atoms with Gasteiger partial charge in [0.05, 0.1) is 0 Å². The maximum Gasteiger partial charge on any atom is 0.223 e. The average molecular weight is 226 g/mol. The zero-order chi connectivity index (χ0) is 12.4. The first-order valence-electron chi connectivity index (χ1n) is 6.26. The monoisotopic (exact) mass is 226 g/mol. The van der Waals surface area contributed by atoms with Gasteiger partial charge in [-0.3, -0.25) is 4.79 Å². The minimum atomic E-state index is -0.00158. The number of rotatable bonds is 4. The summed E-state index contributed by atoms with van der Waals surface area (Å²) in [6.45, 7) is 9.81. The van der Waals surface area contributed by atoms with Crippen LogP contribution in [-0.4, -0.2) is 19.0 Å². The van der Waals surface area contributed by atoms with E-state index < -0.39 is 0 Å². The standard InChI is InChI=1S/C13H26N2O/c1-12(2,8-14)9-15-11(16)10-6-5-7-13(10,3)4/h10H,5-9,14H2,1-4H3,(H,15,16). The van der Waals surface area contributed by atoms with Crippen LogP contribution in [0.25, 0.3) is 0 Å². The van der Waals surface area contributed by atoms with Crippen molar-refractivity contribution >= 4 is 5.91 Å². The fraction of sp³-hybridized carbons (Fsp3) is 0.923. The maximum absolute atomic E-state index is 12.1. The fourth-order valence-electron chi connectivity index (χ4n) is 2.33. The van der Waals surface area contributed by atoms with E-state index in [4.69, 9.17) is 5.73 Å². The van der Waals surface area contributed by atoms with Gasteiger partial charge in [-0.15, -0.1) is 0 Å². The highest BCUT2D eigenvalue weighted by Gasteiger charge is 2.39. The fourth-order valence-corrected chi connectivity index (χ4v) is 2.33. The quantitative estimate of drug-likeness (QED) is 0.769. The van der Waals surface area contributed by atoms with E-state index in [1.165, 1.54) is 6.42 Å². The summed E-state index contributed by atoms with van der Waals surface area (Å²) < 4.78 is 0. The van der Waals surface area contributed by atoms with E-state index in [1.807, 2.05) is 0 Å². The smallest absolute Gasteiger partial charge is 0.223 e. The lowest BCUT2D eigenvalue weighted by Crippen LogP contribution is -2.43. The molecular weight excluding hydrogens is 200 g/mol. The summed E-state index contributed by atoms with van der Waals surface area (Å²) in [5.74, 6) is 0.394. The van der Waals surface area contributed by atoms with Gasteiger partial charge in [0.1, 0.15) is 0 Å². The van der Waals surface area contributed by atoms with Crippen LogP contribution < -0.4 is 11.1 Å². The van der Waals surface area contributed by atoms with Crippen LogP contribution in [0.3, 0.4) is 0 Å². The molecule has 3 nitrogen and oxygen atoms in total. The zero-order valence-electron chi connectivity index (χ0n) is 11.1. The van der Waals surface area contributed by atoms with Crippen LogP contribution in [0.15, 0.2) is 0 Å². The molecule has 3 N–H and O–H groups in total. The van der Waals surface area contributed by atoms with Gasteiger partial charge in [0.15, 0.2) is 0 Å². The maximum atomic E-state index is 12.1. The second-order valence-electron chi connectivity index (χ2n) is 6.52. The molecule has 1 atom stereocenters. The molecule has 1 amide bonds. The Hall–Kier alpha value is -0.570. The predicted molar refractivity (Wildman–Crippen MR) is 67.0 cm³/mol. The Morgan fingerprint density at radius 3 is 2.56 bits per heavy atom. The Morgan fingerprint density at radius 1 is 1.50 bits per heavy atom. The summed E-state index contributed by atoms with van der Waals surface area (Å²) in [6.07, 6.45) is 3.36. The highest BCUT2D eigenvalue weighted by Crippen LogP contribution is 2.42. The van der Waals surface area contributed by atoms with Crippen molar-refractivity contribution in [3.8, 4) is 0 Å². The van der Waals surface area contributed by atoms with E-state index in [0.717, 1.165) is 12.8 Å². The first-order chi connectivity index (χ1) is 7.28. The molecule has 0 aromatic heterocycles. The number of nitrogens with two attached hydrogens (primary N) is 1. The molecule has 0 aromatic rings. The Bertz CT molecular complexity index is 259. The van der Waals surface area contributed by atoms with Gasteiger partial charge in [0.2, 0.25) is 5.91 Å². The molecule has 0 radical (unpaired) electrons. The number of nitrogens with one attached hydrogen (secondary N) is 1. The third-order valence-corrected chi connectivity index (χ3v) is 3.87. The van der Waals surface area contributed by atoms with Crippen molar-refractivity contribution in [1.29, 1.82) is 0 Å². The molecule has 3 heteroatoms. The molecule has 0 spiro atoms. The lowest BCUT2D eigenvalue weighted by molar-refractivity contribution is -0.128. The molecule has 0 aromatic carbocycles. The lowest BCUT2D eigenvalue weighted by Gasteiger charge is -2.28. The average Bonchev–Trinajstić information content (AvgIpc) is 2.55. The van der Waals surface area contributed by atoms with E-state index in [-0.39, 0.29) is 22.7 Å². The minimum Gasteiger partial charge on any atom is -0.355 e. The van der Waals surface area contributed by atoms with Gasteiger partial charge in [-0.05, 0) is 30.2 Å². The lowest BCUT2D eigenvalue weighted by atomic mass is 9.81. The van der Waals surface area contributed by atoms with Gasteiger partial charge >= 0.3 is 0 Å². The number of hydrogen-bond donors (Lipinski definition) is 2. The van der Waals surface area contributed by atoms with Gasteiger partial charge in [-0.25, -0.2) is 0 Å². The molecule has 1 rings (SSSR count). The summed E-state index contributed by atoms with van der Waals surface area (Å²) in [7, 11) is 0.